The van der Waals surface area contributed by atoms with Crippen molar-refractivity contribution >= 4 is 99.3 Å². The molecule has 3 aromatic carbocycles. The van der Waals surface area contributed by atoms with Crippen LogP contribution in [-0.4, -0.2) is 95.6 Å². The molecule has 0 bridgehead atoms. The number of nitrogens with zero attached hydrogens (tertiary/aromatic N) is 6. The minimum atomic E-state index is -0.181. The number of rotatable bonds is 17. The number of alkyl halides is 1. The third-order valence-electron chi connectivity index (χ3n) is 12.0. The van der Waals surface area contributed by atoms with Gasteiger partial charge in [0.15, 0.2) is 29.9 Å². The van der Waals surface area contributed by atoms with Crippen LogP contribution >= 0.6 is 63.7 Å². The van der Waals surface area contributed by atoms with Crippen molar-refractivity contribution in [3.05, 3.63) is 173 Å². The first-order valence-electron chi connectivity index (χ1n) is 24.4. The number of halogens is 4. The molecule has 0 spiro atoms. The van der Waals surface area contributed by atoms with Crippen LogP contribution in [0, 0.1) is 0 Å². The number of pyridine rings is 3. The fourth-order valence-electron chi connectivity index (χ4n) is 7.44. The number of ketones is 2. The number of aliphatic imine (C=N–C) groups is 1. The molecule has 426 valence electrons. The largest absolute Gasteiger partial charge is 1.00 e. The molecule has 3 saturated carbocycles. The zero-order chi connectivity index (χ0) is 56.8. The van der Waals surface area contributed by atoms with Crippen LogP contribution in [0.1, 0.15) is 131 Å². The fourth-order valence-corrected chi connectivity index (χ4v) is 8.91. The number of nitrogens with one attached hydrogen (secondary N) is 1. The van der Waals surface area contributed by atoms with Crippen molar-refractivity contribution in [2.75, 3.05) is 39.9 Å². The summed E-state index contributed by atoms with van der Waals surface area (Å²) in [5, 5.41) is 23.8. The smallest absolute Gasteiger partial charge is 1.00 e. The van der Waals surface area contributed by atoms with Gasteiger partial charge in [0.05, 0.1) is 40.1 Å². The van der Waals surface area contributed by atoms with Gasteiger partial charge in [-0.25, -0.2) is 20.4 Å². The fraction of sp³-hybridized carbons (Fsp3) is 0.304. The first-order chi connectivity index (χ1) is 38.2. The number of methoxy groups -OCH3 is 3. The average molecular weight is 1430 g/mol. The summed E-state index contributed by atoms with van der Waals surface area (Å²) in [6, 6.07) is 34.8. The Hall–Kier alpha value is -3.56. The molecule has 4 heterocycles. The molecule has 6 N–H and O–H groups in total. The van der Waals surface area contributed by atoms with Gasteiger partial charge in [0, 0.05) is 11.1 Å². The number of hydrogen-bond donors (Lipinski definition) is 4. The van der Waals surface area contributed by atoms with Crippen LogP contribution in [0.3, 0.4) is 0 Å². The predicted molar refractivity (Wildman–Crippen MR) is 316 cm³/mol. The molecule has 3 aliphatic carbocycles. The van der Waals surface area contributed by atoms with Gasteiger partial charge in [0.25, 0.3) is 6.47 Å². The monoisotopic (exact) mass is 1430 g/mol. The van der Waals surface area contributed by atoms with Gasteiger partial charge >= 0.3 is 103 Å². The molecule has 4 aliphatic rings. The van der Waals surface area contributed by atoms with Crippen molar-refractivity contribution in [2.45, 2.75) is 69.7 Å². The van der Waals surface area contributed by atoms with E-state index in [-0.39, 0.29) is 154 Å². The maximum absolute atomic E-state index is 12.2. The molecule has 82 heavy (non-hydrogen) atoms. The molecule has 0 radical (unpaired) electrons. The number of benzene rings is 3. The molecule has 10 rings (SSSR count). The van der Waals surface area contributed by atoms with Gasteiger partial charge in [0.2, 0.25) is 23.4 Å². The summed E-state index contributed by atoms with van der Waals surface area (Å²) in [4.78, 5) is 62.9. The summed E-state index contributed by atoms with van der Waals surface area (Å²) in [7, 11) is 4.59. The summed E-state index contributed by atoms with van der Waals surface area (Å²) in [6.07, 6.45) is 7.54. The van der Waals surface area contributed by atoms with Crippen LogP contribution in [0.5, 0.6) is 17.6 Å². The average Bonchev–Trinajstić information content (AvgIpc) is 4.41. The summed E-state index contributed by atoms with van der Waals surface area (Å²) < 4.78 is 17.5. The minimum Gasteiger partial charge on any atom is -1.00 e. The summed E-state index contributed by atoms with van der Waals surface area (Å²) >= 11 is 13.1. The van der Waals surface area contributed by atoms with E-state index in [4.69, 9.17) is 55.6 Å². The van der Waals surface area contributed by atoms with Crippen molar-refractivity contribution in [3.8, 4) is 17.6 Å². The number of amidine groups is 3. The standard InChI is InChI=1S/C18H18BrN3O3.C18H18BrN3O2.C11H11BrO.C7H8BrN3O2.CH2O3.CH4.2K.H/c1-24-18-14(19)7-8-15(21-18)17(20)22-25-10-16(23)13-4-2-3-12(9-13)11-5-6-11;1-23-18-14(19)7-8-15(21-18)17-20-16(10-24-22-17)13-4-2-3-12(9-13)11-5-6-11;12-7-11(13)10-3-1-2-9(6-10)8-4-5-8;1-13-7-4(8)2-3-5(10-7)6(9)11-12;2-1-4-3;;;;/h2-4,7-9,11H,5-6,10H2,1H3,(H2,20,22);2-4,7-9,11,16H,5-6,10H2,1H3,(H,20,22);1-3,6,8H,4-5,7H2;2-3,12H,1H3,(H2,9,11);1,3H;1H4;;;/q;;;;;;2*+1;-1/p-1. The first-order valence-corrected chi connectivity index (χ1v) is 27.9. The van der Waals surface area contributed by atoms with E-state index < -0.39 is 0 Å². The topological polar surface area (TPSA) is 290 Å². The van der Waals surface area contributed by atoms with Gasteiger partial charge in [-0.2, -0.15) is 0 Å². The Bertz CT molecular complexity index is 3160. The Morgan fingerprint density at radius 3 is 1.60 bits per heavy atom. The number of carbonyl (C=O) groups excluding carboxylic acids is 3. The van der Waals surface area contributed by atoms with Crippen LogP contribution in [0.2, 0.25) is 0 Å². The molecule has 0 amide bonds. The number of Topliss-reactive ketones (excluding diaryl/α,β-unsaturated/α-hetero) is 2. The van der Waals surface area contributed by atoms with E-state index in [0.29, 0.717) is 72.9 Å². The molecular formula is C56H61Br4K2N9O11. The maximum Gasteiger partial charge on any atom is 1.00 e. The Kier molecular flexibility index (Phi) is 33.5. The van der Waals surface area contributed by atoms with E-state index in [1.54, 1.807) is 37.4 Å². The van der Waals surface area contributed by atoms with Crippen molar-refractivity contribution in [1.29, 1.82) is 0 Å². The van der Waals surface area contributed by atoms with E-state index in [1.165, 1.54) is 75.0 Å². The Labute approximate surface area is 596 Å². The summed E-state index contributed by atoms with van der Waals surface area (Å²) in [5.41, 5.74) is 22.1. The molecule has 6 aromatic rings. The molecule has 26 heteroatoms. The minimum absolute atomic E-state index is 0. The molecule has 20 nitrogen and oxygen atoms in total. The van der Waals surface area contributed by atoms with Crippen LogP contribution in [0.25, 0.3) is 0 Å². The van der Waals surface area contributed by atoms with E-state index >= 15 is 0 Å². The third kappa shape index (κ3) is 23.0. The number of aromatic nitrogens is 3. The molecule has 3 aromatic heterocycles. The van der Waals surface area contributed by atoms with Crippen LogP contribution in [0.4, 0.5) is 0 Å². The van der Waals surface area contributed by atoms with Gasteiger partial charge in [-0.3, -0.25) is 24.2 Å². The van der Waals surface area contributed by atoms with Crippen LogP contribution < -0.4 is 139 Å². The van der Waals surface area contributed by atoms with E-state index in [0.717, 1.165) is 21.9 Å². The van der Waals surface area contributed by atoms with Crippen LogP contribution in [-0.2, 0) is 19.4 Å². The predicted octanol–water partition coefficient (Wildman–Crippen LogP) is 4.28. The van der Waals surface area contributed by atoms with Gasteiger partial charge < -0.3 is 47.3 Å². The third-order valence-corrected chi connectivity index (χ3v) is 14.3. The number of oxime groups is 2. The number of ether oxygens (including phenoxy) is 3. The van der Waals surface area contributed by atoms with Gasteiger partial charge in [-0.15, -0.1) is 0 Å². The number of hydroxylamine groups is 1. The first kappa shape index (κ1) is 72.7. The molecule has 1 unspecified atom stereocenters. The normalized spacial score (nSPS) is 14.8. The van der Waals surface area contributed by atoms with E-state index in [2.05, 4.69) is 136 Å². The molecule has 3 fully saturated rings. The maximum atomic E-state index is 12.2. The van der Waals surface area contributed by atoms with Gasteiger partial charge in [0.1, 0.15) is 29.7 Å². The van der Waals surface area contributed by atoms with Crippen molar-refractivity contribution in [2.24, 2.45) is 26.8 Å². The van der Waals surface area contributed by atoms with Crippen LogP contribution in [0.15, 0.2) is 138 Å². The Morgan fingerprint density at radius 2 is 1.13 bits per heavy atom. The van der Waals surface area contributed by atoms with Gasteiger partial charge in [-0.1, -0.05) is 94.3 Å². The second kappa shape index (κ2) is 37.8. The molecule has 0 saturated heterocycles. The second-order valence-corrected chi connectivity index (χ2v) is 20.7. The zero-order valence-corrected chi connectivity index (χ0v) is 57.6. The second-order valence-electron chi connectivity index (χ2n) is 17.6. The summed E-state index contributed by atoms with van der Waals surface area (Å²) in [6.45, 7) is 0.147. The molecule has 1 atom stereocenters. The number of hydrogen-bond acceptors (Lipinski definition) is 18. The summed E-state index contributed by atoms with van der Waals surface area (Å²) in [5.74, 6) is 4.03. The molecular weight excluding hydrogens is 1370 g/mol. The quantitative estimate of drug-likeness (QED) is 0.0114. The SMILES string of the molecule is C.COc1nc(/C(N)=N/O)ccc1Br.COc1nc(/C(N)=N/OCC(=O)c2cccc(C3CC3)c2)ccc1Br.COc1nc(C2=NC(c3cccc(C4CC4)c3)CON2)ccc1Br.O=C(CBr)c1cccc(C2CC2)c1.O=CO[O-].[H-].[K+].[K+]. The number of carbonyl (C=O) groups is 3. The van der Waals surface area contributed by atoms with Gasteiger partial charge in [-0.05, 0) is 175 Å². The molecule has 1 aliphatic heterocycles. The zero-order valence-electron chi connectivity index (χ0n) is 46.0. The van der Waals surface area contributed by atoms with E-state index in [1.807, 2.05) is 42.5 Å². The Morgan fingerprint density at radius 1 is 0.695 bits per heavy atom. The van der Waals surface area contributed by atoms with Crippen molar-refractivity contribution in [3.63, 3.8) is 0 Å². The number of nitrogens with two attached hydrogens (primary N) is 2. The Balaban J connectivity index is 0.000000377. The van der Waals surface area contributed by atoms with Crippen molar-refractivity contribution < 1.29 is 158 Å². The van der Waals surface area contributed by atoms with E-state index in [9.17, 15) is 9.59 Å². The van der Waals surface area contributed by atoms with Crippen molar-refractivity contribution in [1.82, 2.24) is 20.4 Å².